The van der Waals surface area contributed by atoms with E-state index in [1.54, 1.807) is 142 Å². The number of anilines is 10. The van der Waals surface area contributed by atoms with Crippen molar-refractivity contribution in [3.05, 3.63) is 337 Å². The summed E-state index contributed by atoms with van der Waals surface area (Å²) in [7, 11) is -2.47. The largest absolute Gasteiger partial charge is 0.508 e. The summed E-state index contributed by atoms with van der Waals surface area (Å²) < 4.78 is 97.1. The Morgan fingerprint density at radius 3 is 0.980 bits per heavy atom. The van der Waals surface area contributed by atoms with Gasteiger partial charge in [0.25, 0.3) is 0 Å². The number of benzene rings is 9. The van der Waals surface area contributed by atoms with Gasteiger partial charge >= 0.3 is 0 Å². The fourth-order valence-corrected chi connectivity index (χ4v) is 24.9. The van der Waals surface area contributed by atoms with Crippen LogP contribution in [0, 0.1) is 0 Å². The van der Waals surface area contributed by atoms with E-state index in [0.29, 0.717) is 46.8 Å². The Morgan fingerprint density at radius 2 is 0.612 bits per heavy atom. The van der Waals surface area contributed by atoms with Gasteiger partial charge < -0.3 is 55.4 Å². The maximum absolute atomic E-state index is 11.9. The number of thiophene rings is 5. The van der Waals surface area contributed by atoms with Crippen molar-refractivity contribution in [1.29, 1.82) is 0 Å². The topological polar surface area (TPSA) is 410 Å². The average molecular weight is 2100 g/mol. The Kier molecular flexibility index (Phi) is 28.9. The smallest absolute Gasteiger partial charge is 0.238 e. The number of hydrogen-bond acceptors (Lipinski definition) is 32. The normalized spacial score (nSPS) is 12.5. The van der Waals surface area contributed by atoms with Gasteiger partial charge in [0.1, 0.15) is 34.5 Å². The number of sulfonamides is 2. The van der Waals surface area contributed by atoms with Crippen LogP contribution < -0.4 is 60.5 Å². The fraction of sp³-hybridized carbons (Fsp3) is 0.145. The van der Waals surface area contributed by atoms with Crippen molar-refractivity contribution in [3.63, 3.8) is 0 Å². The first-order valence-corrected chi connectivity index (χ1v) is 55.7. The van der Waals surface area contributed by atoms with Crippen molar-refractivity contribution >= 4 is 145 Å². The molecule has 29 nitrogen and oxygen atoms in total. The molecule has 9 aromatic carbocycles. The number of aromatic nitrogens is 10. The molecule has 0 unspecified atom stereocenters. The predicted octanol–water partition coefficient (Wildman–Crippen LogP) is 23.4. The van der Waals surface area contributed by atoms with E-state index in [0.717, 1.165) is 188 Å². The van der Waals surface area contributed by atoms with E-state index in [4.69, 9.17) is 53.9 Å². The number of nitrogens with one attached hydrogen (secondary N) is 5. The molecular formula is C110H95N17O12S8. The highest BCUT2D eigenvalue weighted by atomic mass is 32.2. The minimum Gasteiger partial charge on any atom is -0.508 e. The minimum atomic E-state index is -3.81. The molecule has 740 valence electrons. The first-order chi connectivity index (χ1) is 71.2. The number of ether oxygens (including phenoxy) is 5. The van der Waals surface area contributed by atoms with Crippen LogP contribution in [0.15, 0.2) is 300 Å². The molecule has 0 bridgehead atoms. The number of aryl methyl sites for hydroxylation is 10. The molecule has 0 radical (unpaired) electrons. The molecular weight excluding hydrogens is 2010 g/mol. The SMILES string of the molecule is COc1ccc(OC)c(-c2cc3c(s2)CCc2cnc(Nc4cccc(S(N)(=O)=O)c4)nc2-3)c1.COc1cccc(-c2cc3c(s2)CCc2cnc(Nc4ccc(O)cc4)nc2-3)c1.COc1cccc(-c2cc3c(s2)CCc2cnc(Nc4cccc(S(C)(=O)=O)c4)nc2-3)c1.COc1cccc(-c2cc3c(s2)CCc2cnc(Nc4ccccc4)nc2-3)c1.NS(=O)(=O)c1cccc(Nc2ncc3c(n2)-c2ccsc2CC3)c1. The lowest BCUT2D eigenvalue weighted by molar-refractivity contribution is 0.404. The van der Waals surface area contributed by atoms with Gasteiger partial charge in [0.05, 0.1) is 78.7 Å². The van der Waals surface area contributed by atoms with Crippen molar-refractivity contribution in [2.75, 3.05) is 68.4 Å². The lowest BCUT2D eigenvalue weighted by Crippen LogP contribution is -2.12. The fourth-order valence-electron chi connectivity index (χ4n) is 17.6. The Labute approximate surface area is 869 Å². The standard InChI is InChI=1S/C24H22N4O4S2.C24H21N3O3S2.C23H19N3O2S.C23H19N3OS.C16H14N4O2S2/c1-31-16-7-8-20(32-2)18(11-16)22-12-19-21(33-22)9-6-14-13-26-24(28-23(14)19)27-15-4-3-5-17(10-15)34(25,29)30;1-30-18-7-3-5-15(11-18)22-13-20-21(31-22)10-9-16-14-25-24(27-23(16)20)26-17-6-4-8-19(12-17)32(2,28)29;1-28-18-4-2-3-14(11-18)21-12-19-20(29-21)10-5-15-13-24-23(26-22(15)19)25-16-6-8-17(27)9-7-16;1-27-18-9-5-6-15(12-18)21-13-19-20(28-21)11-10-16-14-24-23(26-22(16)19)25-17-7-3-2-4-8-17;17-24(21,22)12-3-1-2-11(8-12)19-16-18-9-10-4-5-14-13(6-7-23-14)15(10)20-16/h3-5,7-8,10-13H,6,9H2,1-2H3,(H2,25,29,30)(H,26,27,28);3-8,11-14H,9-10H2,1-2H3,(H,25,26,27);2-4,6-9,11-13,27H,5,10H2,1H3,(H,24,25,26);2-9,12-14H,10-11H2,1H3,(H,24,25,26);1-3,6-9H,4-5H2,(H2,17,21,22)(H,18,19,20). The third-order valence-electron chi connectivity index (χ3n) is 24.9. The Morgan fingerprint density at radius 1 is 0.293 bits per heavy atom. The number of para-hydroxylation sites is 1. The highest BCUT2D eigenvalue weighted by Gasteiger charge is 2.30. The lowest BCUT2D eigenvalue weighted by atomic mass is 9.96. The van der Waals surface area contributed by atoms with Crippen LogP contribution in [-0.4, -0.2) is 122 Å². The summed E-state index contributed by atoms with van der Waals surface area (Å²) in [5.41, 5.74) is 24.2. The third-order valence-corrected chi connectivity index (χ3v) is 33.8. The molecule has 0 fully saturated rings. The van der Waals surface area contributed by atoms with Crippen molar-refractivity contribution in [2.45, 2.75) is 78.9 Å². The Balaban J connectivity index is 0.000000112. The second-order valence-corrected chi connectivity index (χ2v) is 45.3. The van der Waals surface area contributed by atoms with Gasteiger partial charge in [0.2, 0.25) is 49.8 Å². The zero-order chi connectivity index (χ0) is 102. The van der Waals surface area contributed by atoms with Crippen LogP contribution in [0.5, 0.6) is 34.5 Å². The van der Waals surface area contributed by atoms with Gasteiger partial charge in [0, 0.05) is 143 Å². The second kappa shape index (κ2) is 43.0. The predicted molar refractivity (Wildman–Crippen MR) is 584 cm³/mol. The highest BCUT2D eigenvalue weighted by Crippen LogP contribution is 2.50. The van der Waals surface area contributed by atoms with E-state index in [2.05, 4.69) is 123 Å². The van der Waals surface area contributed by atoms with Crippen molar-refractivity contribution in [1.82, 2.24) is 49.8 Å². The summed E-state index contributed by atoms with van der Waals surface area (Å²) in [5, 5.41) is 37.8. The number of fused-ring (bicyclic) bond motifs is 15. The van der Waals surface area contributed by atoms with E-state index >= 15 is 0 Å². The van der Waals surface area contributed by atoms with Crippen LogP contribution in [-0.2, 0) is 94.1 Å². The molecule has 37 heteroatoms. The number of sulfone groups is 1. The van der Waals surface area contributed by atoms with Gasteiger partial charge in [0.15, 0.2) is 9.84 Å². The van der Waals surface area contributed by atoms with Gasteiger partial charge in [-0.3, -0.25) is 0 Å². The number of primary sulfonamides is 2. The van der Waals surface area contributed by atoms with E-state index in [-0.39, 0.29) is 20.4 Å². The molecule has 0 spiro atoms. The van der Waals surface area contributed by atoms with Gasteiger partial charge in [-0.05, 0) is 290 Å². The number of hydrogen-bond donors (Lipinski definition) is 8. The molecule has 10 heterocycles. The lowest BCUT2D eigenvalue weighted by Gasteiger charge is -2.16. The van der Waals surface area contributed by atoms with Crippen LogP contribution in [0.4, 0.5) is 58.2 Å². The van der Waals surface area contributed by atoms with Crippen LogP contribution in [0.1, 0.15) is 52.2 Å². The molecule has 5 aliphatic rings. The van der Waals surface area contributed by atoms with E-state index < -0.39 is 29.9 Å². The van der Waals surface area contributed by atoms with Crippen LogP contribution in [0.3, 0.4) is 0 Å². The zero-order valence-electron chi connectivity index (χ0n) is 80.0. The van der Waals surface area contributed by atoms with Gasteiger partial charge in [-0.1, -0.05) is 72.8 Å². The number of phenolic OH excluding ortho intramolecular Hbond substituents is 1. The number of phenols is 1. The molecule has 10 aromatic heterocycles. The average Bonchev–Trinajstić information content (AvgIpc) is 1.66. The first-order valence-electron chi connectivity index (χ1n) is 46.6. The summed E-state index contributed by atoms with van der Waals surface area (Å²) >= 11 is 8.91. The molecule has 5 aliphatic carbocycles. The molecule has 0 atom stereocenters. The van der Waals surface area contributed by atoms with Gasteiger partial charge in [-0.15, -0.1) is 56.7 Å². The summed E-state index contributed by atoms with van der Waals surface area (Å²) in [6, 6.07) is 77.2. The molecule has 0 saturated heterocycles. The van der Waals surface area contributed by atoms with Crippen LogP contribution >= 0.6 is 56.7 Å². The van der Waals surface area contributed by atoms with E-state index in [9.17, 15) is 30.4 Å². The Hall–Kier alpha value is -15.6. The van der Waals surface area contributed by atoms with E-state index in [1.807, 2.05) is 145 Å². The molecule has 0 saturated carbocycles. The number of nitrogens with zero attached hydrogens (tertiary/aromatic N) is 10. The molecule has 0 amide bonds. The van der Waals surface area contributed by atoms with Gasteiger partial charge in [-0.25, -0.2) is 85.4 Å². The molecule has 0 aliphatic heterocycles. The third kappa shape index (κ3) is 22.8. The first kappa shape index (κ1) is 98.8. The van der Waals surface area contributed by atoms with Crippen molar-refractivity contribution < 1.29 is 54.0 Å². The number of rotatable bonds is 22. The minimum absolute atomic E-state index is 0.0208. The van der Waals surface area contributed by atoms with E-state index in [1.165, 1.54) is 97.4 Å². The zero-order valence-corrected chi connectivity index (χ0v) is 86.6. The summed E-state index contributed by atoms with van der Waals surface area (Å²) in [5.74, 6) is 6.77. The quantitative estimate of drug-likeness (QED) is 0.0292. The van der Waals surface area contributed by atoms with Crippen LogP contribution in [0.25, 0.3) is 98.0 Å². The van der Waals surface area contributed by atoms with Crippen LogP contribution in [0.2, 0.25) is 0 Å². The molecule has 19 aromatic rings. The van der Waals surface area contributed by atoms with Gasteiger partial charge in [-0.2, -0.15) is 0 Å². The monoisotopic (exact) mass is 2100 g/mol. The second-order valence-electron chi connectivity index (χ2n) is 34.6. The summed E-state index contributed by atoms with van der Waals surface area (Å²) in [4.78, 5) is 57.7. The molecule has 10 N–H and O–H groups in total. The van der Waals surface area contributed by atoms with Crippen molar-refractivity contribution in [2.24, 2.45) is 10.3 Å². The summed E-state index contributed by atoms with van der Waals surface area (Å²) in [6.45, 7) is 0. The van der Waals surface area contributed by atoms with Crippen molar-refractivity contribution in [3.8, 4) is 133 Å². The number of methoxy groups -OCH3 is 5. The molecule has 24 rings (SSSR count). The maximum atomic E-state index is 11.9. The highest BCUT2D eigenvalue weighted by molar-refractivity contribution is 7.90. The number of aromatic hydroxyl groups is 1. The summed E-state index contributed by atoms with van der Waals surface area (Å²) in [6.07, 6.45) is 20.1. The molecule has 147 heavy (non-hydrogen) atoms. The number of nitrogens with two attached hydrogens (primary N) is 2. The Bertz CT molecular complexity index is 8560. The maximum Gasteiger partial charge on any atom is 0.238 e.